The van der Waals surface area contributed by atoms with Gasteiger partial charge in [-0.2, -0.15) is 0 Å². The monoisotopic (exact) mass is 298 g/mol. The summed E-state index contributed by atoms with van der Waals surface area (Å²) >= 11 is 0. The highest BCUT2D eigenvalue weighted by Crippen LogP contribution is 2.19. The normalized spacial score (nSPS) is 11.8. The predicted octanol–water partition coefficient (Wildman–Crippen LogP) is 4.36. The minimum Gasteiger partial charge on any atom is -0.471 e. The standard InChI is InChI=1S/C18H22N2O2/c1-13(2)15-9-11-17(12-10-15)22-14(3)19-18(21)20-16-7-5-4-6-8-16/h4-14H,1-3H3,(H2,19,20,21). The molecule has 0 aliphatic rings. The van der Waals surface area contributed by atoms with Gasteiger partial charge in [0.05, 0.1) is 0 Å². The molecule has 4 heteroatoms. The second-order valence-electron chi connectivity index (χ2n) is 5.45. The Hall–Kier alpha value is -2.49. The lowest BCUT2D eigenvalue weighted by molar-refractivity contribution is 0.183. The van der Waals surface area contributed by atoms with Crippen LogP contribution < -0.4 is 15.4 Å². The molecule has 0 spiro atoms. The van der Waals surface area contributed by atoms with Crippen molar-refractivity contribution in [3.63, 3.8) is 0 Å². The lowest BCUT2D eigenvalue weighted by Gasteiger charge is -2.17. The highest BCUT2D eigenvalue weighted by molar-refractivity contribution is 5.89. The Kier molecular flexibility index (Phi) is 5.42. The van der Waals surface area contributed by atoms with Crippen LogP contribution in [0.25, 0.3) is 0 Å². The molecule has 0 radical (unpaired) electrons. The van der Waals surface area contributed by atoms with Crippen LogP contribution >= 0.6 is 0 Å². The fourth-order valence-corrected chi connectivity index (χ4v) is 2.04. The van der Waals surface area contributed by atoms with Crippen LogP contribution in [0.5, 0.6) is 5.75 Å². The van der Waals surface area contributed by atoms with Gasteiger partial charge in [0.25, 0.3) is 0 Å². The van der Waals surface area contributed by atoms with Crippen molar-refractivity contribution >= 4 is 11.7 Å². The molecule has 0 saturated carbocycles. The van der Waals surface area contributed by atoms with E-state index in [9.17, 15) is 4.79 Å². The molecule has 0 fully saturated rings. The maximum absolute atomic E-state index is 11.9. The van der Waals surface area contributed by atoms with E-state index in [4.69, 9.17) is 4.74 Å². The fraction of sp³-hybridized carbons (Fsp3) is 0.278. The first-order chi connectivity index (χ1) is 10.5. The minimum atomic E-state index is -0.423. The number of ether oxygens (including phenoxy) is 1. The first-order valence-electron chi connectivity index (χ1n) is 7.44. The molecule has 1 unspecified atom stereocenters. The van der Waals surface area contributed by atoms with E-state index in [-0.39, 0.29) is 6.03 Å². The largest absolute Gasteiger partial charge is 0.471 e. The number of para-hydroxylation sites is 1. The van der Waals surface area contributed by atoms with E-state index in [0.29, 0.717) is 5.92 Å². The number of urea groups is 1. The van der Waals surface area contributed by atoms with Crippen LogP contribution in [-0.4, -0.2) is 12.3 Å². The summed E-state index contributed by atoms with van der Waals surface area (Å²) in [5.74, 6) is 1.22. The van der Waals surface area contributed by atoms with Crippen LogP contribution in [0.4, 0.5) is 10.5 Å². The van der Waals surface area contributed by atoms with E-state index >= 15 is 0 Å². The Morgan fingerprint density at radius 1 is 0.955 bits per heavy atom. The number of benzene rings is 2. The second-order valence-corrected chi connectivity index (χ2v) is 5.45. The summed E-state index contributed by atoms with van der Waals surface area (Å²) in [6.45, 7) is 6.09. The van der Waals surface area contributed by atoms with Crippen LogP contribution in [-0.2, 0) is 0 Å². The Morgan fingerprint density at radius 3 is 2.18 bits per heavy atom. The highest BCUT2D eigenvalue weighted by Gasteiger charge is 2.09. The summed E-state index contributed by atoms with van der Waals surface area (Å²) < 4.78 is 5.69. The van der Waals surface area contributed by atoms with Gasteiger partial charge in [0.15, 0.2) is 6.23 Å². The molecular weight excluding hydrogens is 276 g/mol. The predicted molar refractivity (Wildman–Crippen MR) is 89.2 cm³/mol. The molecule has 0 heterocycles. The van der Waals surface area contributed by atoms with Gasteiger partial charge in [0.2, 0.25) is 0 Å². The molecule has 22 heavy (non-hydrogen) atoms. The van der Waals surface area contributed by atoms with Gasteiger partial charge in [-0.3, -0.25) is 0 Å². The van der Waals surface area contributed by atoms with Crippen molar-refractivity contribution in [3.8, 4) is 5.75 Å². The van der Waals surface area contributed by atoms with Crippen LogP contribution in [0, 0.1) is 0 Å². The van der Waals surface area contributed by atoms with E-state index in [2.05, 4.69) is 24.5 Å². The minimum absolute atomic E-state index is 0.294. The summed E-state index contributed by atoms with van der Waals surface area (Å²) in [5, 5.41) is 5.49. The van der Waals surface area contributed by atoms with E-state index in [1.165, 1.54) is 5.56 Å². The summed E-state index contributed by atoms with van der Waals surface area (Å²) in [4.78, 5) is 11.9. The van der Waals surface area contributed by atoms with Gasteiger partial charge >= 0.3 is 6.03 Å². The van der Waals surface area contributed by atoms with Gasteiger partial charge < -0.3 is 15.4 Å². The molecule has 2 amide bonds. The zero-order valence-electron chi connectivity index (χ0n) is 13.2. The van der Waals surface area contributed by atoms with Crippen LogP contribution in [0.2, 0.25) is 0 Å². The molecule has 0 aliphatic carbocycles. The number of rotatable bonds is 5. The van der Waals surface area contributed by atoms with Gasteiger partial charge in [-0.15, -0.1) is 0 Å². The lowest BCUT2D eigenvalue weighted by Crippen LogP contribution is -2.39. The Balaban J connectivity index is 1.84. The van der Waals surface area contributed by atoms with Crippen molar-refractivity contribution in [3.05, 3.63) is 60.2 Å². The number of carbonyl (C=O) groups is 1. The van der Waals surface area contributed by atoms with E-state index in [1.807, 2.05) is 54.6 Å². The quantitative estimate of drug-likeness (QED) is 0.806. The number of carbonyl (C=O) groups excluding carboxylic acids is 1. The summed E-state index contributed by atoms with van der Waals surface area (Å²) in [5.41, 5.74) is 2.00. The molecule has 0 aliphatic heterocycles. The third-order valence-corrected chi connectivity index (χ3v) is 3.23. The molecule has 0 bridgehead atoms. The number of anilines is 1. The average Bonchev–Trinajstić information content (AvgIpc) is 2.48. The first-order valence-corrected chi connectivity index (χ1v) is 7.44. The molecule has 0 saturated heterocycles. The molecule has 2 rings (SSSR count). The molecular formula is C18H22N2O2. The number of amides is 2. The van der Waals surface area contributed by atoms with Gasteiger partial charge in [-0.1, -0.05) is 44.2 Å². The van der Waals surface area contributed by atoms with Gasteiger partial charge in [-0.05, 0) is 42.7 Å². The van der Waals surface area contributed by atoms with Crippen LogP contribution in [0.3, 0.4) is 0 Å². The molecule has 2 N–H and O–H groups in total. The maximum atomic E-state index is 11.9. The number of hydrogen-bond donors (Lipinski definition) is 2. The first kappa shape index (κ1) is 15.9. The molecule has 116 valence electrons. The van der Waals surface area contributed by atoms with E-state index in [0.717, 1.165) is 11.4 Å². The molecule has 0 aromatic heterocycles. The zero-order valence-corrected chi connectivity index (χ0v) is 13.2. The van der Waals surface area contributed by atoms with Crippen LogP contribution in [0.15, 0.2) is 54.6 Å². The fourth-order valence-electron chi connectivity index (χ4n) is 2.04. The highest BCUT2D eigenvalue weighted by atomic mass is 16.5. The molecule has 2 aromatic carbocycles. The molecule has 4 nitrogen and oxygen atoms in total. The lowest BCUT2D eigenvalue weighted by atomic mass is 10.0. The Labute approximate surface area is 131 Å². The van der Waals surface area contributed by atoms with Gasteiger partial charge in [0, 0.05) is 5.69 Å². The van der Waals surface area contributed by atoms with Crippen molar-refractivity contribution in [1.29, 1.82) is 0 Å². The van der Waals surface area contributed by atoms with Crippen molar-refractivity contribution < 1.29 is 9.53 Å². The third kappa shape index (κ3) is 4.81. The zero-order chi connectivity index (χ0) is 15.9. The van der Waals surface area contributed by atoms with E-state index < -0.39 is 6.23 Å². The second kappa shape index (κ2) is 7.50. The van der Waals surface area contributed by atoms with Crippen molar-refractivity contribution in [2.75, 3.05) is 5.32 Å². The van der Waals surface area contributed by atoms with Gasteiger partial charge in [0.1, 0.15) is 5.75 Å². The van der Waals surface area contributed by atoms with Gasteiger partial charge in [-0.25, -0.2) is 4.79 Å². The Morgan fingerprint density at radius 2 is 1.59 bits per heavy atom. The average molecular weight is 298 g/mol. The topological polar surface area (TPSA) is 50.4 Å². The smallest absolute Gasteiger partial charge is 0.322 e. The van der Waals surface area contributed by atoms with Crippen molar-refractivity contribution in [1.82, 2.24) is 5.32 Å². The molecule has 2 aromatic rings. The Bertz CT molecular complexity index is 594. The maximum Gasteiger partial charge on any atom is 0.322 e. The van der Waals surface area contributed by atoms with Crippen molar-refractivity contribution in [2.45, 2.75) is 32.9 Å². The van der Waals surface area contributed by atoms with Crippen LogP contribution in [0.1, 0.15) is 32.3 Å². The van der Waals surface area contributed by atoms with Crippen molar-refractivity contribution in [2.24, 2.45) is 0 Å². The number of nitrogens with one attached hydrogen (secondary N) is 2. The summed E-state index contributed by atoms with van der Waals surface area (Å²) in [6, 6.07) is 16.9. The summed E-state index contributed by atoms with van der Waals surface area (Å²) in [7, 11) is 0. The SMILES string of the molecule is CC(NC(=O)Nc1ccccc1)Oc1ccc(C(C)C)cc1. The van der Waals surface area contributed by atoms with E-state index in [1.54, 1.807) is 6.92 Å². The third-order valence-electron chi connectivity index (χ3n) is 3.23. The molecule has 1 atom stereocenters. The number of hydrogen-bond acceptors (Lipinski definition) is 2. The summed E-state index contributed by atoms with van der Waals surface area (Å²) in [6.07, 6.45) is -0.423.